The summed E-state index contributed by atoms with van der Waals surface area (Å²) in [6.45, 7) is 8.63. The van der Waals surface area contributed by atoms with Crippen LogP contribution in [0.3, 0.4) is 0 Å². The number of allylic oxidation sites excluding steroid dienone is 2. The average Bonchev–Trinajstić information content (AvgIpc) is 2.47. The fraction of sp³-hybridized carbons (Fsp3) is 0.737. The first-order chi connectivity index (χ1) is 10.0. The van der Waals surface area contributed by atoms with E-state index in [9.17, 15) is 4.79 Å². The lowest BCUT2D eigenvalue weighted by Gasteiger charge is -2.30. The molecule has 1 aliphatic carbocycles. The van der Waals surface area contributed by atoms with Gasteiger partial charge in [0.2, 0.25) is 0 Å². The minimum atomic E-state index is -0.312. The molecule has 2 nitrogen and oxygen atoms in total. The van der Waals surface area contributed by atoms with Gasteiger partial charge < -0.3 is 4.74 Å². The van der Waals surface area contributed by atoms with Gasteiger partial charge in [-0.1, -0.05) is 62.8 Å². The van der Waals surface area contributed by atoms with Crippen LogP contribution in [-0.2, 0) is 9.53 Å². The minimum Gasteiger partial charge on any atom is -0.373 e. The highest BCUT2D eigenvalue weighted by atomic mass is 16.5. The smallest absolute Gasteiger partial charge is 0.162 e. The summed E-state index contributed by atoms with van der Waals surface area (Å²) >= 11 is 0. The first-order valence-corrected chi connectivity index (χ1v) is 8.43. The van der Waals surface area contributed by atoms with E-state index in [0.29, 0.717) is 12.3 Å². The predicted octanol–water partition coefficient (Wildman–Crippen LogP) is 5.09. The molecular formula is C19H32O2. The van der Waals surface area contributed by atoms with Crippen LogP contribution in [0.15, 0.2) is 23.3 Å². The van der Waals surface area contributed by atoms with Crippen molar-refractivity contribution in [1.82, 2.24) is 0 Å². The number of Topliss-reactive ketones (excluding diaryl/α,β-unsaturated/α-hetero) is 1. The van der Waals surface area contributed by atoms with Crippen molar-refractivity contribution in [3.63, 3.8) is 0 Å². The molecule has 1 aliphatic rings. The van der Waals surface area contributed by atoms with Gasteiger partial charge in [0.25, 0.3) is 0 Å². The number of ether oxygens (including phenoxy) is 1. The highest BCUT2D eigenvalue weighted by molar-refractivity contribution is 5.84. The van der Waals surface area contributed by atoms with Crippen LogP contribution in [0.4, 0.5) is 0 Å². The maximum absolute atomic E-state index is 12.7. The van der Waals surface area contributed by atoms with Crippen molar-refractivity contribution in [1.29, 1.82) is 0 Å². The molecule has 0 aromatic heterocycles. The molecule has 0 aromatic carbocycles. The van der Waals surface area contributed by atoms with Crippen LogP contribution in [0, 0.1) is 11.8 Å². The molecule has 0 saturated heterocycles. The second kappa shape index (κ2) is 9.19. The molecule has 0 fully saturated rings. The summed E-state index contributed by atoms with van der Waals surface area (Å²) in [6, 6.07) is 0. The molecule has 0 heterocycles. The zero-order chi connectivity index (χ0) is 15.8. The Morgan fingerprint density at radius 3 is 2.38 bits per heavy atom. The number of carbonyl (C=O) groups is 1. The van der Waals surface area contributed by atoms with Gasteiger partial charge in [0.05, 0.1) is 0 Å². The van der Waals surface area contributed by atoms with E-state index in [0.717, 1.165) is 19.3 Å². The van der Waals surface area contributed by atoms with Gasteiger partial charge in [-0.05, 0) is 26.2 Å². The van der Waals surface area contributed by atoms with E-state index in [4.69, 9.17) is 4.74 Å². The second-order valence-corrected chi connectivity index (χ2v) is 6.35. The van der Waals surface area contributed by atoms with Gasteiger partial charge in [0, 0.05) is 19.4 Å². The molecule has 0 radical (unpaired) electrons. The first-order valence-electron chi connectivity index (χ1n) is 8.43. The maximum atomic E-state index is 12.7. The highest BCUT2D eigenvalue weighted by Gasteiger charge is 2.32. The van der Waals surface area contributed by atoms with Gasteiger partial charge in [-0.2, -0.15) is 0 Å². The van der Waals surface area contributed by atoms with Crippen LogP contribution >= 0.6 is 0 Å². The molecule has 21 heavy (non-hydrogen) atoms. The van der Waals surface area contributed by atoms with Crippen molar-refractivity contribution in [2.75, 3.05) is 7.11 Å². The molecule has 2 unspecified atom stereocenters. The molecule has 0 aromatic rings. The Morgan fingerprint density at radius 2 is 1.90 bits per heavy atom. The lowest BCUT2D eigenvalue weighted by molar-refractivity contribution is -0.131. The molecule has 0 bridgehead atoms. The van der Waals surface area contributed by atoms with Crippen molar-refractivity contribution in [3.05, 3.63) is 23.3 Å². The Labute approximate surface area is 130 Å². The number of ketones is 1. The summed E-state index contributed by atoms with van der Waals surface area (Å²) in [5.74, 6) is 0.917. The van der Waals surface area contributed by atoms with Gasteiger partial charge in [0.1, 0.15) is 6.10 Å². The summed E-state index contributed by atoms with van der Waals surface area (Å²) in [6.07, 6.45) is 10.4. The lowest BCUT2D eigenvalue weighted by Crippen LogP contribution is -2.35. The third-order valence-corrected chi connectivity index (χ3v) is 4.77. The third-order valence-electron chi connectivity index (χ3n) is 4.77. The van der Waals surface area contributed by atoms with Gasteiger partial charge in [0.15, 0.2) is 5.78 Å². The number of hydrogen-bond acceptors (Lipinski definition) is 2. The fourth-order valence-electron chi connectivity index (χ4n) is 3.32. The van der Waals surface area contributed by atoms with Crippen molar-refractivity contribution < 1.29 is 9.53 Å². The van der Waals surface area contributed by atoms with Crippen molar-refractivity contribution in [2.45, 2.75) is 72.3 Å². The monoisotopic (exact) mass is 292 g/mol. The minimum absolute atomic E-state index is 0.139. The lowest BCUT2D eigenvalue weighted by atomic mass is 9.80. The van der Waals surface area contributed by atoms with E-state index >= 15 is 0 Å². The molecule has 0 amide bonds. The Morgan fingerprint density at radius 1 is 1.29 bits per heavy atom. The number of rotatable bonds is 9. The SMILES string of the molecule is CCCCC(CC)CC(=O)C(OC)C1C(C)=CCC=C1C. The van der Waals surface area contributed by atoms with E-state index < -0.39 is 0 Å². The van der Waals surface area contributed by atoms with E-state index in [-0.39, 0.29) is 17.8 Å². The average molecular weight is 292 g/mol. The van der Waals surface area contributed by atoms with Crippen molar-refractivity contribution >= 4 is 5.78 Å². The summed E-state index contributed by atoms with van der Waals surface area (Å²) in [5.41, 5.74) is 2.55. The zero-order valence-electron chi connectivity index (χ0n) is 14.4. The third kappa shape index (κ3) is 5.10. The number of hydrogen-bond donors (Lipinski definition) is 0. The van der Waals surface area contributed by atoms with Crippen LogP contribution < -0.4 is 0 Å². The number of carbonyl (C=O) groups excluding carboxylic acids is 1. The Balaban J connectivity index is 2.74. The first kappa shape index (κ1) is 18.2. The largest absolute Gasteiger partial charge is 0.373 e. The predicted molar refractivity (Wildman–Crippen MR) is 89.3 cm³/mol. The molecule has 0 saturated carbocycles. The van der Waals surface area contributed by atoms with E-state index in [1.54, 1.807) is 7.11 Å². The molecule has 0 spiro atoms. The topological polar surface area (TPSA) is 26.3 Å². The van der Waals surface area contributed by atoms with Crippen LogP contribution in [0.25, 0.3) is 0 Å². The van der Waals surface area contributed by atoms with Crippen LogP contribution in [0.5, 0.6) is 0 Å². The van der Waals surface area contributed by atoms with Crippen LogP contribution in [0.2, 0.25) is 0 Å². The summed E-state index contributed by atoms with van der Waals surface area (Å²) in [5, 5.41) is 0. The Hall–Kier alpha value is -0.890. The number of methoxy groups -OCH3 is 1. The van der Waals surface area contributed by atoms with E-state index in [2.05, 4.69) is 39.8 Å². The molecule has 0 aliphatic heterocycles. The molecule has 2 atom stereocenters. The maximum Gasteiger partial charge on any atom is 0.162 e. The van der Waals surface area contributed by atoms with Gasteiger partial charge in [-0.3, -0.25) is 4.79 Å². The Kier molecular flexibility index (Phi) is 7.95. The number of unbranched alkanes of at least 4 members (excludes halogenated alkanes) is 1. The molecular weight excluding hydrogens is 260 g/mol. The van der Waals surface area contributed by atoms with E-state index in [1.807, 2.05) is 0 Å². The second-order valence-electron chi connectivity index (χ2n) is 6.35. The molecule has 120 valence electrons. The van der Waals surface area contributed by atoms with Crippen LogP contribution in [-0.4, -0.2) is 19.0 Å². The Bertz CT molecular complexity index is 374. The highest BCUT2D eigenvalue weighted by Crippen LogP contribution is 2.32. The van der Waals surface area contributed by atoms with Gasteiger partial charge in [-0.15, -0.1) is 0 Å². The van der Waals surface area contributed by atoms with Crippen molar-refractivity contribution in [2.24, 2.45) is 11.8 Å². The van der Waals surface area contributed by atoms with Crippen molar-refractivity contribution in [3.8, 4) is 0 Å². The summed E-state index contributed by atoms with van der Waals surface area (Å²) < 4.78 is 5.61. The molecule has 1 rings (SSSR count). The standard InChI is InChI=1S/C19H32O2/c1-6-8-12-16(7-2)13-17(20)19(21-5)18-14(3)10-9-11-15(18)4/h10-11,16,18-19H,6-9,12-13H2,1-5H3. The van der Waals surface area contributed by atoms with Gasteiger partial charge >= 0.3 is 0 Å². The van der Waals surface area contributed by atoms with Crippen LogP contribution in [0.1, 0.15) is 66.2 Å². The zero-order valence-corrected chi connectivity index (χ0v) is 14.4. The quantitative estimate of drug-likeness (QED) is 0.553. The normalized spacial score (nSPS) is 18.9. The van der Waals surface area contributed by atoms with Gasteiger partial charge in [-0.25, -0.2) is 0 Å². The summed E-state index contributed by atoms with van der Waals surface area (Å²) in [7, 11) is 1.67. The molecule has 0 N–H and O–H groups in total. The fourth-order valence-corrected chi connectivity index (χ4v) is 3.32. The summed E-state index contributed by atoms with van der Waals surface area (Å²) in [4.78, 5) is 12.7. The van der Waals surface area contributed by atoms with E-state index in [1.165, 1.54) is 24.0 Å². The molecule has 2 heteroatoms.